The Morgan fingerprint density at radius 3 is 2.15 bits per heavy atom. The van der Waals surface area contributed by atoms with Gasteiger partial charge >= 0.3 is 0 Å². The molecule has 1 aliphatic rings. The molecule has 4 aromatic carbocycles. The van der Waals surface area contributed by atoms with E-state index in [0.29, 0.717) is 22.9 Å². The monoisotopic (exact) mass is 538 g/mol. The zero-order chi connectivity index (χ0) is 27.3. The minimum atomic E-state index is 0.528. The van der Waals surface area contributed by atoms with Crippen LogP contribution in [-0.4, -0.2) is 16.4 Å². The van der Waals surface area contributed by atoms with Gasteiger partial charge in [-0.15, -0.1) is 0 Å². The molecule has 0 fully saturated rings. The molecule has 0 unspecified atom stereocenters. The van der Waals surface area contributed by atoms with E-state index in [-0.39, 0.29) is 0 Å². The molecule has 40 heavy (non-hydrogen) atoms. The maximum atomic E-state index is 10.5. The van der Waals surface area contributed by atoms with E-state index in [2.05, 4.69) is 70.9 Å². The maximum absolute atomic E-state index is 10.5. The second-order valence-electron chi connectivity index (χ2n) is 9.86. The zero-order valence-electron chi connectivity index (χ0n) is 21.9. The third-order valence-electron chi connectivity index (χ3n) is 7.05. The van der Waals surface area contributed by atoms with Gasteiger partial charge in [-0.3, -0.25) is 4.90 Å². The van der Waals surface area contributed by atoms with Crippen molar-refractivity contribution in [3.8, 4) is 17.2 Å². The summed E-state index contributed by atoms with van der Waals surface area (Å²) < 4.78 is 0. The van der Waals surface area contributed by atoms with Gasteiger partial charge in [-0.2, -0.15) is 5.26 Å². The van der Waals surface area contributed by atoms with Crippen molar-refractivity contribution in [2.75, 3.05) is 11.9 Å². The second kappa shape index (κ2) is 11.6. The van der Waals surface area contributed by atoms with E-state index in [4.69, 9.17) is 16.6 Å². The fraction of sp³-hybridized carbons (Fsp3) is 0.0857. The Morgan fingerprint density at radius 1 is 0.825 bits per heavy atom. The molecule has 0 spiro atoms. The average molecular weight is 539 g/mol. The van der Waals surface area contributed by atoms with Gasteiger partial charge in [0.05, 0.1) is 5.69 Å². The van der Waals surface area contributed by atoms with Crippen LogP contribution >= 0.6 is 11.6 Å². The quantitative estimate of drug-likeness (QED) is 0.235. The van der Waals surface area contributed by atoms with Gasteiger partial charge in [-0.05, 0) is 52.6 Å². The lowest BCUT2D eigenvalue weighted by Gasteiger charge is -2.33. The van der Waals surface area contributed by atoms with E-state index < -0.39 is 0 Å². The molecule has 1 aliphatic heterocycles. The first-order chi connectivity index (χ1) is 19.7. The van der Waals surface area contributed by atoms with Gasteiger partial charge in [0, 0.05) is 41.5 Å². The molecule has 2 heterocycles. The third-order valence-corrected chi connectivity index (χ3v) is 7.30. The van der Waals surface area contributed by atoms with Gasteiger partial charge in [0.25, 0.3) is 0 Å². The first-order valence-corrected chi connectivity index (χ1v) is 13.6. The number of hydrogen-bond donors (Lipinski definition) is 1. The lowest BCUT2D eigenvalue weighted by atomic mass is 9.88. The largest absolute Gasteiger partial charge is 0.339 e. The fourth-order valence-corrected chi connectivity index (χ4v) is 5.37. The smallest absolute Gasteiger partial charge is 0.149 e. The molecule has 6 rings (SSSR count). The number of fused-ring (bicyclic) bond motifs is 1. The van der Waals surface area contributed by atoms with Crippen LogP contribution in [0.4, 0.5) is 11.5 Å². The highest BCUT2D eigenvalue weighted by Crippen LogP contribution is 2.40. The molecule has 0 atom stereocenters. The van der Waals surface area contributed by atoms with Gasteiger partial charge < -0.3 is 5.32 Å². The Balaban J connectivity index is 1.56. The van der Waals surface area contributed by atoms with Gasteiger partial charge in [-0.1, -0.05) is 103 Å². The SMILES string of the molecule is N#Cc1c(Nc2ccc(Cl)cc2)nc2c(c1-c1ccccc1)CN(Cc1ccccc1)C/C2=C\c1ccccc1. The molecular weight excluding hydrogens is 512 g/mol. The van der Waals surface area contributed by atoms with Gasteiger partial charge in [0.2, 0.25) is 0 Å². The number of nitrogens with zero attached hydrogens (tertiary/aromatic N) is 3. The van der Waals surface area contributed by atoms with E-state index >= 15 is 0 Å². The standard InChI is InChI=1S/C35H27ClN4/c36-29-16-18-30(19-17-29)38-35-31(21-37)33(27-14-8-3-9-15-27)32-24-40(22-26-12-6-2-7-13-26)23-28(34(32)39-35)20-25-10-4-1-5-11-25/h1-20H,22-24H2,(H,38,39)/b28-20+. The minimum absolute atomic E-state index is 0.528. The molecule has 0 radical (unpaired) electrons. The fourth-order valence-electron chi connectivity index (χ4n) is 5.25. The van der Waals surface area contributed by atoms with Crippen molar-refractivity contribution in [2.45, 2.75) is 13.1 Å². The van der Waals surface area contributed by atoms with E-state index in [1.165, 1.54) is 5.56 Å². The lowest BCUT2D eigenvalue weighted by Crippen LogP contribution is -2.31. The van der Waals surface area contributed by atoms with Crippen molar-refractivity contribution < 1.29 is 0 Å². The van der Waals surface area contributed by atoms with E-state index in [0.717, 1.165) is 52.3 Å². The van der Waals surface area contributed by atoms with Crippen molar-refractivity contribution in [2.24, 2.45) is 0 Å². The maximum Gasteiger partial charge on any atom is 0.149 e. The van der Waals surface area contributed by atoms with Crippen LogP contribution in [0.3, 0.4) is 0 Å². The van der Waals surface area contributed by atoms with Crippen LogP contribution < -0.4 is 5.32 Å². The number of nitriles is 1. The number of hydrogen-bond acceptors (Lipinski definition) is 4. The number of aromatic nitrogens is 1. The molecule has 1 N–H and O–H groups in total. The van der Waals surface area contributed by atoms with E-state index in [1.54, 1.807) is 0 Å². The minimum Gasteiger partial charge on any atom is -0.339 e. The Labute approximate surface area is 239 Å². The number of benzene rings is 4. The molecule has 194 valence electrons. The van der Waals surface area contributed by atoms with Crippen molar-refractivity contribution in [1.29, 1.82) is 5.26 Å². The second-order valence-corrected chi connectivity index (χ2v) is 10.3. The van der Waals surface area contributed by atoms with Gasteiger partial charge in [0.1, 0.15) is 17.5 Å². The van der Waals surface area contributed by atoms with Crippen LogP contribution in [0.1, 0.15) is 27.9 Å². The Morgan fingerprint density at radius 2 is 1.48 bits per heavy atom. The number of pyridine rings is 1. The van der Waals surface area contributed by atoms with Crippen molar-refractivity contribution in [3.05, 3.63) is 148 Å². The lowest BCUT2D eigenvalue weighted by molar-refractivity contribution is 0.282. The molecule has 0 saturated carbocycles. The highest BCUT2D eigenvalue weighted by Gasteiger charge is 2.29. The average Bonchev–Trinajstić information content (AvgIpc) is 2.99. The summed E-state index contributed by atoms with van der Waals surface area (Å²) in [7, 11) is 0. The third kappa shape index (κ3) is 5.53. The molecule has 5 heteroatoms. The highest BCUT2D eigenvalue weighted by atomic mass is 35.5. The summed E-state index contributed by atoms with van der Waals surface area (Å²) in [4.78, 5) is 7.57. The molecule has 0 saturated heterocycles. The van der Waals surface area contributed by atoms with E-state index in [1.807, 2.05) is 66.7 Å². The summed E-state index contributed by atoms with van der Waals surface area (Å²) >= 11 is 6.13. The molecule has 0 amide bonds. The summed E-state index contributed by atoms with van der Waals surface area (Å²) in [5, 5.41) is 14.6. The van der Waals surface area contributed by atoms with Crippen LogP contribution in [0, 0.1) is 11.3 Å². The summed E-state index contributed by atoms with van der Waals surface area (Å²) in [6.07, 6.45) is 2.22. The topological polar surface area (TPSA) is 52.0 Å². The first-order valence-electron chi connectivity index (χ1n) is 13.2. The Kier molecular flexibility index (Phi) is 7.41. The molecule has 4 nitrogen and oxygen atoms in total. The van der Waals surface area contributed by atoms with Crippen LogP contribution in [0.25, 0.3) is 22.8 Å². The van der Waals surface area contributed by atoms with E-state index in [9.17, 15) is 5.26 Å². The number of rotatable bonds is 6. The normalized spacial score (nSPS) is 13.9. The summed E-state index contributed by atoms with van der Waals surface area (Å²) in [5.74, 6) is 0.540. The van der Waals surface area contributed by atoms with Crippen LogP contribution in [0.5, 0.6) is 0 Å². The van der Waals surface area contributed by atoms with Crippen LogP contribution in [0.2, 0.25) is 5.02 Å². The molecule has 1 aromatic heterocycles. The van der Waals surface area contributed by atoms with Crippen molar-refractivity contribution >= 4 is 34.8 Å². The highest BCUT2D eigenvalue weighted by molar-refractivity contribution is 6.30. The summed E-state index contributed by atoms with van der Waals surface area (Å²) in [5.41, 5.74) is 8.73. The molecule has 0 aliphatic carbocycles. The Hall–Kier alpha value is -4.69. The molecular formula is C35H27ClN4. The van der Waals surface area contributed by atoms with Crippen molar-refractivity contribution in [1.82, 2.24) is 9.88 Å². The predicted octanol–water partition coefficient (Wildman–Crippen LogP) is 8.57. The number of nitrogens with one attached hydrogen (secondary N) is 1. The van der Waals surface area contributed by atoms with Gasteiger partial charge in [-0.25, -0.2) is 4.98 Å². The predicted molar refractivity (Wildman–Crippen MR) is 164 cm³/mol. The van der Waals surface area contributed by atoms with Gasteiger partial charge in [0.15, 0.2) is 0 Å². The zero-order valence-corrected chi connectivity index (χ0v) is 22.6. The number of halogens is 1. The summed E-state index contributed by atoms with van der Waals surface area (Å²) in [6.45, 7) is 2.22. The van der Waals surface area contributed by atoms with Crippen LogP contribution in [-0.2, 0) is 13.1 Å². The first kappa shape index (κ1) is 25.6. The van der Waals surface area contributed by atoms with Crippen LogP contribution in [0.15, 0.2) is 115 Å². The summed E-state index contributed by atoms with van der Waals surface area (Å²) in [6, 6.07) is 41.0. The Bertz CT molecular complexity index is 1690. The molecule has 0 bridgehead atoms. The van der Waals surface area contributed by atoms with Crippen molar-refractivity contribution in [3.63, 3.8) is 0 Å². The molecule has 5 aromatic rings. The number of anilines is 2.